The van der Waals surface area contributed by atoms with Gasteiger partial charge in [-0.25, -0.2) is 4.99 Å². The standard InChI is InChI=1S/C21H25BrN4O2/c1-5-13(4)18-19(27)26-21(25-18,12(2)3)20(28)23-9-8-14-11-24-17-10-15(22)6-7-16(14)17/h6-13,24H,5H2,1-4H3,(H,23,28)(H,26,27)/b9-8-/t13-,21-/m1/s1. The van der Waals surface area contributed by atoms with Crippen LogP contribution in [0.3, 0.4) is 0 Å². The first-order valence-corrected chi connectivity index (χ1v) is 10.2. The molecule has 0 saturated carbocycles. The second kappa shape index (κ2) is 7.91. The lowest BCUT2D eigenvalue weighted by Crippen LogP contribution is -2.57. The van der Waals surface area contributed by atoms with Crippen LogP contribution in [-0.2, 0) is 9.59 Å². The monoisotopic (exact) mass is 444 g/mol. The second-order valence-corrected chi connectivity index (χ2v) is 8.34. The van der Waals surface area contributed by atoms with Crippen molar-refractivity contribution in [3.63, 3.8) is 0 Å². The van der Waals surface area contributed by atoms with Gasteiger partial charge in [-0.05, 0) is 24.6 Å². The van der Waals surface area contributed by atoms with E-state index in [9.17, 15) is 9.59 Å². The Kier molecular flexibility index (Phi) is 5.74. The number of nitrogens with zero attached hydrogens (tertiary/aromatic N) is 1. The van der Waals surface area contributed by atoms with Gasteiger partial charge in [-0.3, -0.25) is 9.59 Å². The van der Waals surface area contributed by atoms with Gasteiger partial charge in [0.25, 0.3) is 11.8 Å². The lowest BCUT2D eigenvalue weighted by molar-refractivity contribution is -0.131. The summed E-state index contributed by atoms with van der Waals surface area (Å²) in [5.41, 5.74) is 1.13. The van der Waals surface area contributed by atoms with Crippen LogP contribution >= 0.6 is 15.9 Å². The van der Waals surface area contributed by atoms with Gasteiger partial charge in [0.1, 0.15) is 5.71 Å². The number of amides is 2. The molecule has 0 bridgehead atoms. The van der Waals surface area contributed by atoms with Gasteiger partial charge in [-0.15, -0.1) is 0 Å². The van der Waals surface area contributed by atoms with E-state index in [1.54, 1.807) is 6.20 Å². The van der Waals surface area contributed by atoms with Crippen LogP contribution in [0.4, 0.5) is 0 Å². The average molecular weight is 445 g/mol. The van der Waals surface area contributed by atoms with Crippen molar-refractivity contribution in [2.24, 2.45) is 16.8 Å². The number of aliphatic imine (C=N–C) groups is 1. The van der Waals surface area contributed by atoms with Crippen LogP contribution in [0.1, 0.15) is 39.7 Å². The first kappa shape index (κ1) is 20.3. The summed E-state index contributed by atoms with van der Waals surface area (Å²) in [6.45, 7) is 7.70. The SMILES string of the molecule is CC[C@@H](C)C1=N[C@](C(=O)N/C=C\c2c[nH]c3cc(Br)ccc23)(C(C)C)NC1=O. The number of halogens is 1. The fraction of sp³-hybridized carbons (Fsp3) is 0.381. The minimum atomic E-state index is -1.27. The molecule has 1 aromatic heterocycles. The van der Waals surface area contributed by atoms with Gasteiger partial charge in [0.05, 0.1) is 0 Å². The summed E-state index contributed by atoms with van der Waals surface area (Å²) in [5, 5.41) is 6.66. The zero-order valence-corrected chi connectivity index (χ0v) is 18.1. The highest BCUT2D eigenvalue weighted by Crippen LogP contribution is 2.27. The number of rotatable bonds is 6. The quantitative estimate of drug-likeness (QED) is 0.628. The van der Waals surface area contributed by atoms with Gasteiger partial charge in [-0.2, -0.15) is 0 Å². The highest BCUT2D eigenvalue weighted by molar-refractivity contribution is 9.10. The molecule has 1 aliphatic rings. The summed E-state index contributed by atoms with van der Waals surface area (Å²) in [6, 6.07) is 5.98. The van der Waals surface area contributed by atoms with E-state index < -0.39 is 5.66 Å². The van der Waals surface area contributed by atoms with Crippen molar-refractivity contribution in [1.29, 1.82) is 0 Å². The Morgan fingerprint density at radius 3 is 2.79 bits per heavy atom. The number of carbonyl (C=O) groups is 2. The summed E-state index contributed by atoms with van der Waals surface area (Å²) in [5.74, 6) is -0.774. The molecule has 0 unspecified atom stereocenters. The molecule has 0 saturated heterocycles. The molecule has 2 atom stereocenters. The van der Waals surface area contributed by atoms with Gasteiger partial charge >= 0.3 is 0 Å². The lowest BCUT2D eigenvalue weighted by Gasteiger charge is -2.28. The van der Waals surface area contributed by atoms with Crippen molar-refractivity contribution < 1.29 is 9.59 Å². The van der Waals surface area contributed by atoms with E-state index in [-0.39, 0.29) is 23.7 Å². The van der Waals surface area contributed by atoms with Crippen LogP contribution in [0.25, 0.3) is 17.0 Å². The molecule has 0 radical (unpaired) electrons. The third kappa shape index (κ3) is 3.63. The number of benzene rings is 1. The zero-order chi connectivity index (χ0) is 20.5. The Hall–Kier alpha value is -2.41. The molecule has 0 spiro atoms. The summed E-state index contributed by atoms with van der Waals surface area (Å²) >= 11 is 3.45. The van der Waals surface area contributed by atoms with Crippen LogP contribution in [0.5, 0.6) is 0 Å². The molecule has 2 aromatic rings. The number of hydrogen-bond acceptors (Lipinski definition) is 3. The Labute approximate surface area is 173 Å². The minimum absolute atomic E-state index is 0.00881. The molecule has 7 heteroatoms. The van der Waals surface area contributed by atoms with Crippen molar-refractivity contribution in [2.45, 2.75) is 39.8 Å². The maximum Gasteiger partial charge on any atom is 0.272 e. The van der Waals surface area contributed by atoms with Gasteiger partial charge in [0.15, 0.2) is 0 Å². The first-order chi connectivity index (χ1) is 13.3. The van der Waals surface area contributed by atoms with Crippen molar-refractivity contribution in [2.75, 3.05) is 0 Å². The highest BCUT2D eigenvalue weighted by Gasteiger charge is 2.48. The van der Waals surface area contributed by atoms with Gasteiger partial charge in [-0.1, -0.05) is 49.7 Å². The molecular weight excluding hydrogens is 420 g/mol. The number of hydrogen-bond donors (Lipinski definition) is 3. The second-order valence-electron chi connectivity index (χ2n) is 7.42. The van der Waals surface area contributed by atoms with E-state index in [2.05, 4.69) is 36.5 Å². The normalized spacial score (nSPS) is 20.6. The molecule has 2 amide bonds. The fourth-order valence-electron chi connectivity index (χ4n) is 3.25. The molecule has 28 heavy (non-hydrogen) atoms. The van der Waals surface area contributed by atoms with Crippen molar-refractivity contribution >= 4 is 50.4 Å². The van der Waals surface area contributed by atoms with Crippen LogP contribution < -0.4 is 10.6 Å². The summed E-state index contributed by atoms with van der Waals surface area (Å²) in [7, 11) is 0. The Morgan fingerprint density at radius 2 is 2.11 bits per heavy atom. The maximum absolute atomic E-state index is 12.9. The number of H-pyrrole nitrogens is 1. The predicted molar refractivity (Wildman–Crippen MR) is 116 cm³/mol. The van der Waals surface area contributed by atoms with Gasteiger partial charge in [0, 0.05) is 45.2 Å². The molecule has 3 N–H and O–H groups in total. The predicted octanol–water partition coefficient (Wildman–Crippen LogP) is 3.99. The number of aromatic amines is 1. The van der Waals surface area contributed by atoms with E-state index in [1.807, 2.05) is 58.2 Å². The van der Waals surface area contributed by atoms with E-state index >= 15 is 0 Å². The van der Waals surface area contributed by atoms with Gasteiger partial charge < -0.3 is 15.6 Å². The molecular formula is C21H25BrN4O2. The molecule has 6 nitrogen and oxygen atoms in total. The topological polar surface area (TPSA) is 86.3 Å². The third-order valence-electron chi connectivity index (χ3n) is 5.25. The number of aromatic nitrogens is 1. The molecule has 3 rings (SSSR count). The van der Waals surface area contributed by atoms with Crippen LogP contribution in [0, 0.1) is 11.8 Å². The maximum atomic E-state index is 12.9. The van der Waals surface area contributed by atoms with Gasteiger partial charge in [0.2, 0.25) is 5.66 Å². The molecule has 1 aliphatic heterocycles. The molecule has 0 aliphatic carbocycles. The Morgan fingerprint density at radius 1 is 1.36 bits per heavy atom. The molecule has 2 heterocycles. The third-order valence-corrected chi connectivity index (χ3v) is 5.74. The molecule has 1 aromatic carbocycles. The van der Waals surface area contributed by atoms with Crippen molar-refractivity contribution in [3.8, 4) is 0 Å². The van der Waals surface area contributed by atoms with Crippen molar-refractivity contribution in [1.82, 2.24) is 15.6 Å². The Bertz CT molecular complexity index is 976. The van der Waals surface area contributed by atoms with Crippen LogP contribution in [0.2, 0.25) is 0 Å². The first-order valence-electron chi connectivity index (χ1n) is 9.45. The number of nitrogens with one attached hydrogen (secondary N) is 3. The van der Waals surface area contributed by atoms with Crippen molar-refractivity contribution in [3.05, 3.63) is 40.6 Å². The minimum Gasteiger partial charge on any atom is -0.361 e. The lowest BCUT2D eigenvalue weighted by atomic mass is 9.96. The molecule has 0 fully saturated rings. The highest BCUT2D eigenvalue weighted by atomic mass is 79.9. The smallest absolute Gasteiger partial charge is 0.272 e. The Balaban J connectivity index is 1.81. The largest absolute Gasteiger partial charge is 0.361 e. The summed E-state index contributed by atoms with van der Waals surface area (Å²) < 4.78 is 0.997. The van der Waals surface area contributed by atoms with E-state index in [4.69, 9.17) is 0 Å². The van der Waals surface area contributed by atoms with E-state index in [0.29, 0.717) is 5.71 Å². The summed E-state index contributed by atoms with van der Waals surface area (Å²) in [6.07, 6.45) is 6.10. The van der Waals surface area contributed by atoms with E-state index in [0.717, 1.165) is 27.4 Å². The summed E-state index contributed by atoms with van der Waals surface area (Å²) in [4.78, 5) is 33.1. The zero-order valence-electron chi connectivity index (χ0n) is 16.5. The number of carbonyl (C=O) groups excluding carboxylic acids is 2. The fourth-order valence-corrected chi connectivity index (χ4v) is 3.61. The molecule has 148 valence electrons. The van der Waals surface area contributed by atoms with E-state index in [1.165, 1.54) is 0 Å². The van der Waals surface area contributed by atoms with Crippen LogP contribution in [0.15, 0.2) is 40.1 Å². The van der Waals surface area contributed by atoms with Crippen LogP contribution in [-0.4, -0.2) is 28.2 Å². The average Bonchev–Trinajstić information content (AvgIpc) is 3.22. The number of fused-ring (bicyclic) bond motifs is 1.